The fourth-order valence-electron chi connectivity index (χ4n) is 2.05. The minimum absolute atomic E-state index is 0.0558. The van der Waals surface area contributed by atoms with E-state index in [1.165, 1.54) is 0 Å². The van der Waals surface area contributed by atoms with E-state index in [1.807, 2.05) is 24.3 Å². The van der Waals surface area contributed by atoms with Gasteiger partial charge in [-0.05, 0) is 31.9 Å². The van der Waals surface area contributed by atoms with Crippen molar-refractivity contribution >= 4 is 5.96 Å². The molecule has 5 heteroatoms. The molecule has 0 aliphatic carbocycles. The number of ether oxygens (including phenoxy) is 2. The minimum Gasteiger partial charge on any atom is -0.486 e. The van der Waals surface area contributed by atoms with Crippen LogP contribution in [0.15, 0.2) is 29.3 Å². The zero-order chi connectivity index (χ0) is 15.9. The number of para-hydroxylation sites is 2. The molecule has 0 aromatic heterocycles. The number of benzene rings is 1. The van der Waals surface area contributed by atoms with Gasteiger partial charge in [-0.3, -0.25) is 0 Å². The lowest BCUT2D eigenvalue weighted by atomic mass is 10.1. The fourth-order valence-corrected chi connectivity index (χ4v) is 2.05. The highest BCUT2D eigenvalue weighted by atomic mass is 16.6. The van der Waals surface area contributed by atoms with Crippen LogP contribution in [0.4, 0.5) is 0 Å². The van der Waals surface area contributed by atoms with Gasteiger partial charge < -0.3 is 20.1 Å². The van der Waals surface area contributed by atoms with Gasteiger partial charge in [0.2, 0.25) is 0 Å². The van der Waals surface area contributed by atoms with Gasteiger partial charge in [0.25, 0.3) is 0 Å². The summed E-state index contributed by atoms with van der Waals surface area (Å²) >= 11 is 0. The van der Waals surface area contributed by atoms with Crippen molar-refractivity contribution < 1.29 is 9.47 Å². The molecule has 0 fully saturated rings. The van der Waals surface area contributed by atoms with Crippen LogP contribution in [-0.2, 0) is 0 Å². The van der Waals surface area contributed by atoms with E-state index in [2.05, 4.69) is 43.3 Å². The predicted octanol–water partition coefficient (Wildman–Crippen LogP) is 2.43. The van der Waals surface area contributed by atoms with Gasteiger partial charge in [-0.2, -0.15) is 0 Å². The SMILES string of the molecule is CCNC(=NCC1COc2ccccc2O1)NC(C)C(C)C. The Morgan fingerprint density at radius 2 is 2.00 bits per heavy atom. The Balaban J connectivity index is 1.93. The largest absolute Gasteiger partial charge is 0.486 e. The van der Waals surface area contributed by atoms with Crippen LogP contribution in [0.5, 0.6) is 11.5 Å². The minimum atomic E-state index is -0.0558. The summed E-state index contributed by atoms with van der Waals surface area (Å²) in [6.07, 6.45) is -0.0558. The second kappa shape index (κ2) is 7.92. The van der Waals surface area contributed by atoms with Gasteiger partial charge in [0.15, 0.2) is 23.6 Å². The maximum absolute atomic E-state index is 5.93. The molecule has 22 heavy (non-hydrogen) atoms. The third-order valence-electron chi connectivity index (χ3n) is 3.73. The molecule has 122 valence electrons. The van der Waals surface area contributed by atoms with Crippen molar-refractivity contribution in [1.29, 1.82) is 0 Å². The van der Waals surface area contributed by atoms with E-state index in [9.17, 15) is 0 Å². The van der Waals surface area contributed by atoms with E-state index in [0.29, 0.717) is 25.1 Å². The van der Waals surface area contributed by atoms with Crippen molar-refractivity contribution in [1.82, 2.24) is 10.6 Å². The Bertz CT molecular complexity index is 502. The first-order valence-electron chi connectivity index (χ1n) is 8.03. The average molecular weight is 305 g/mol. The van der Waals surface area contributed by atoms with Crippen LogP contribution in [0.25, 0.3) is 0 Å². The average Bonchev–Trinajstić information content (AvgIpc) is 2.52. The monoisotopic (exact) mass is 305 g/mol. The maximum atomic E-state index is 5.93. The lowest BCUT2D eigenvalue weighted by Crippen LogP contribution is -2.45. The van der Waals surface area contributed by atoms with Crippen molar-refractivity contribution in [2.75, 3.05) is 19.7 Å². The van der Waals surface area contributed by atoms with E-state index in [1.54, 1.807) is 0 Å². The van der Waals surface area contributed by atoms with Crippen molar-refractivity contribution in [2.45, 2.75) is 39.8 Å². The van der Waals surface area contributed by atoms with Gasteiger partial charge >= 0.3 is 0 Å². The maximum Gasteiger partial charge on any atom is 0.191 e. The Kier molecular flexibility index (Phi) is 5.92. The van der Waals surface area contributed by atoms with Crippen molar-refractivity contribution in [3.8, 4) is 11.5 Å². The normalized spacial score (nSPS) is 19.0. The highest BCUT2D eigenvalue weighted by Crippen LogP contribution is 2.30. The summed E-state index contributed by atoms with van der Waals surface area (Å²) in [6.45, 7) is 10.5. The number of guanidine groups is 1. The summed E-state index contributed by atoms with van der Waals surface area (Å²) in [6, 6.07) is 8.10. The van der Waals surface area contributed by atoms with Gasteiger partial charge in [0, 0.05) is 12.6 Å². The first kappa shape index (κ1) is 16.5. The third kappa shape index (κ3) is 4.55. The van der Waals surface area contributed by atoms with Crippen LogP contribution < -0.4 is 20.1 Å². The molecule has 2 unspecified atom stereocenters. The number of fused-ring (bicyclic) bond motifs is 1. The Morgan fingerprint density at radius 3 is 2.68 bits per heavy atom. The van der Waals surface area contributed by atoms with Gasteiger partial charge in [-0.25, -0.2) is 4.99 Å². The molecular formula is C17H27N3O2. The zero-order valence-electron chi connectivity index (χ0n) is 13.9. The Labute approximate surface area is 133 Å². The smallest absolute Gasteiger partial charge is 0.191 e. The second-order valence-corrected chi connectivity index (χ2v) is 5.89. The summed E-state index contributed by atoms with van der Waals surface area (Å²) in [5, 5.41) is 6.69. The van der Waals surface area contributed by atoms with Gasteiger partial charge in [-0.1, -0.05) is 26.0 Å². The molecule has 1 heterocycles. The standard InChI is InChI=1S/C17H27N3O2/c1-5-18-17(20-13(4)12(2)3)19-10-14-11-21-15-8-6-7-9-16(15)22-14/h6-9,12-14H,5,10-11H2,1-4H3,(H2,18,19,20). The van der Waals surface area contributed by atoms with E-state index < -0.39 is 0 Å². The highest BCUT2D eigenvalue weighted by molar-refractivity contribution is 5.80. The molecule has 0 spiro atoms. The van der Waals surface area contributed by atoms with E-state index in [4.69, 9.17) is 9.47 Å². The van der Waals surface area contributed by atoms with Crippen LogP contribution in [0.1, 0.15) is 27.7 Å². The van der Waals surface area contributed by atoms with Crippen LogP contribution in [0.2, 0.25) is 0 Å². The summed E-state index contributed by atoms with van der Waals surface area (Å²) in [5.74, 6) is 2.97. The fraction of sp³-hybridized carbons (Fsp3) is 0.588. The van der Waals surface area contributed by atoms with E-state index in [-0.39, 0.29) is 6.10 Å². The number of aliphatic imine (C=N–C) groups is 1. The van der Waals surface area contributed by atoms with E-state index in [0.717, 1.165) is 24.0 Å². The number of rotatable bonds is 5. The molecule has 2 atom stereocenters. The molecule has 1 aromatic rings. The molecule has 0 radical (unpaired) electrons. The van der Waals surface area contributed by atoms with Crippen molar-refractivity contribution in [3.05, 3.63) is 24.3 Å². The molecule has 1 aliphatic rings. The van der Waals surface area contributed by atoms with Gasteiger partial charge in [0.1, 0.15) is 6.61 Å². The summed E-state index contributed by atoms with van der Waals surface area (Å²) in [4.78, 5) is 4.62. The number of hydrogen-bond acceptors (Lipinski definition) is 3. The quantitative estimate of drug-likeness (QED) is 0.648. The van der Waals surface area contributed by atoms with Crippen molar-refractivity contribution in [2.24, 2.45) is 10.9 Å². The topological polar surface area (TPSA) is 54.9 Å². The zero-order valence-corrected chi connectivity index (χ0v) is 13.9. The first-order chi connectivity index (χ1) is 10.6. The van der Waals surface area contributed by atoms with Crippen LogP contribution in [0, 0.1) is 5.92 Å². The highest BCUT2D eigenvalue weighted by Gasteiger charge is 2.20. The molecule has 5 nitrogen and oxygen atoms in total. The van der Waals surface area contributed by atoms with Crippen molar-refractivity contribution in [3.63, 3.8) is 0 Å². The molecule has 2 N–H and O–H groups in total. The summed E-state index contributed by atoms with van der Waals surface area (Å²) in [5.41, 5.74) is 0. The summed E-state index contributed by atoms with van der Waals surface area (Å²) in [7, 11) is 0. The molecule has 0 bridgehead atoms. The molecule has 1 aromatic carbocycles. The third-order valence-corrected chi connectivity index (χ3v) is 3.73. The lowest BCUT2D eigenvalue weighted by molar-refractivity contribution is 0.0971. The van der Waals surface area contributed by atoms with Crippen LogP contribution in [-0.4, -0.2) is 37.8 Å². The second-order valence-electron chi connectivity index (χ2n) is 5.89. The molecule has 0 saturated carbocycles. The molecule has 0 saturated heterocycles. The van der Waals surface area contributed by atoms with Gasteiger partial charge in [-0.15, -0.1) is 0 Å². The van der Waals surface area contributed by atoms with Crippen LogP contribution in [0.3, 0.4) is 0 Å². The Hall–Kier alpha value is -1.91. The number of nitrogens with zero attached hydrogens (tertiary/aromatic N) is 1. The molecular weight excluding hydrogens is 278 g/mol. The molecule has 1 aliphatic heterocycles. The number of hydrogen-bond donors (Lipinski definition) is 2. The molecule has 0 amide bonds. The molecule has 2 rings (SSSR count). The number of nitrogens with one attached hydrogen (secondary N) is 2. The summed E-state index contributed by atoms with van der Waals surface area (Å²) < 4.78 is 11.6. The van der Waals surface area contributed by atoms with Crippen LogP contribution >= 0.6 is 0 Å². The lowest BCUT2D eigenvalue weighted by Gasteiger charge is -2.26. The first-order valence-corrected chi connectivity index (χ1v) is 8.03. The van der Waals surface area contributed by atoms with Gasteiger partial charge in [0.05, 0.1) is 6.54 Å². The Morgan fingerprint density at radius 1 is 1.27 bits per heavy atom. The van der Waals surface area contributed by atoms with E-state index >= 15 is 0 Å². The predicted molar refractivity (Wildman–Crippen MR) is 89.8 cm³/mol.